The zero-order valence-electron chi connectivity index (χ0n) is 41.0. The molecular formula is C58H92O6. The van der Waals surface area contributed by atoms with Gasteiger partial charge < -0.3 is 14.2 Å². The Hall–Kier alpha value is -4.19. The molecule has 0 radical (unpaired) electrons. The van der Waals surface area contributed by atoms with Crippen molar-refractivity contribution in [3.63, 3.8) is 0 Å². The highest BCUT2D eigenvalue weighted by Crippen LogP contribution is 2.13. The van der Waals surface area contributed by atoms with Crippen molar-refractivity contribution in [2.45, 2.75) is 213 Å². The van der Waals surface area contributed by atoms with E-state index in [2.05, 4.69) is 87.6 Å². The molecule has 0 aromatic carbocycles. The Bertz CT molecular complexity index is 1390. The second-order valence-corrected chi connectivity index (χ2v) is 16.4. The Kier molecular flexibility index (Phi) is 48.1. The highest BCUT2D eigenvalue weighted by molar-refractivity contribution is 5.71. The summed E-state index contributed by atoms with van der Waals surface area (Å²) < 4.78 is 16.7. The van der Waals surface area contributed by atoms with Crippen molar-refractivity contribution in [3.8, 4) is 0 Å². The lowest BCUT2D eigenvalue weighted by molar-refractivity contribution is -0.167. The smallest absolute Gasteiger partial charge is 0.306 e. The van der Waals surface area contributed by atoms with Gasteiger partial charge in [0.15, 0.2) is 6.10 Å². The molecule has 6 nitrogen and oxygen atoms in total. The van der Waals surface area contributed by atoms with Crippen LogP contribution in [0.15, 0.2) is 122 Å². The standard InChI is InChI=1S/C58H92O6/c1-4-7-10-13-16-19-22-25-27-29-31-33-36-39-42-45-48-51-57(60)63-54-55(53-62-56(59)50-47-44-41-38-35-32-24-21-18-15-12-9-6-3)64-58(61)52-49-46-43-40-37-34-30-28-26-23-20-17-14-11-8-5-2/h8-9,11-12,15,17-18,20-21,24-28,32,34-35,37-38,41,55H,4-7,10,13-14,16,19,22-23,29-31,33,36,39-40,42-54H2,1-3H3/b11-8+,12-9+,18-15+,20-17+,24-21+,27-25+,28-26+,35-32+,37-34+,41-38+. The Balaban J connectivity index is 4.55. The normalized spacial score (nSPS) is 13.1. The molecule has 0 amide bonds. The van der Waals surface area contributed by atoms with Crippen molar-refractivity contribution in [1.29, 1.82) is 0 Å². The largest absolute Gasteiger partial charge is 0.462 e. The number of ether oxygens (including phenoxy) is 3. The van der Waals surface area contributed by atoms with E-state index in [1.165, 1.54) is 77.0 Å². The zero-order valence-corrected chi connectivity index (χ0v) is 41.0. The number of rotatable bonds is 44. The van der Waals surface area contributed by atoms with Gasteiger partial charge >= 0.3 is 17.9 Å². The van der Waals surface area contributed by atoms with E-state index in [9.17, 15) is 14.4 Å². The molecule has 0 fully saturated rings. The molecule has 0 aliphatic rings. The van der Waals surface area contributed by atoms with Gasteiger partial charge in [0.2, 0.25) is 0 Å². The van der Waals surface area contributed by atoms with E-state index in [-0.39, 0.29) is 44.0 Å². The van der Waals surface area contributed by atoms with E-state index >= 15 is 0 Å². The summed E-state index contributed by atoms with van der Waals surface area (Å²) in [6.07, 6.45) is 70.5. The first-order valence-electron chi connectivity index (χ1n) is 25.6. The topological polar surface area (TPSA) is 78.9 Å². The van der Waals surface area contributed by atoms with Crippen LogP contribution >= 0.6 is 0 Å². The SMILES string of the molecule is CC/C=C/C=C/C=C/C=C/C=C/CCCC(=O)OCC(COC(=O)CCCCCCCCC/C=C/CCCCCCCC)OC(=O)CCCCC/C=C/C/C=C/C/C=C/C/C=C/CC. The number of carbonyl (C=O) groups excluding carboxylic acids is 3. The second-order valence-electron chi connectivity index (χ2n) is 16.4. The maximum absolute atomic E-state index is 12.8. The lowest BCUT2D eigenvalue weighted by Gasteiger charge is -2.18. The summed E-state index contributed by atoms with van der Waals surface area (Å²) in [6, 6.07) is 0. The average molecular weight is 885 g/mol. The minimum Gasteiger partial charge on any atom is -0.462 e. The first-order valence-corrected chi connectivity index (χ1v) is 25.6. The fourth-order valence-electron chi connectivity index (χ4n) is 6.52. The molecular weight excluding hydrogens is 793 g/mol. The molecule has 0 heterocycles. The molecule has 0 aliphatic heterocycles. The Morgan fingerprint density at radius 3 is 1.22 bits per heavy atom. The average Bonchev–Trinajstić information content (AvgIpc) is 3.29. The quantitative estimate of drug-likeness (QED) is 0.0199. The summed E-state index contributed by atoms with van der Waals surface area (Å²) in [7, 11) is 0. The molecule has 0 saturated heterocycles. The predicted octanol–water partition coefficient (Wildman–Crippen LogP) is 16.9. The van der Waals surface area contributed by atoms with Crippen LogP contribution in [0, 0.1) is 0 Å². The third kappa shape index (κ3) is 48.8. The van der Waals surface area contributed by atoms with E-state index in [0.29, 0.717) is 19.3 Å². The Labute approximate surface area is 392 Å². The van der Waals surface area contributed by atoms with Crippen LogP contribution in [0.2, 0.25) is 0 Å². The van der Waals surface area contributed by atoms with Gasteiger partial charge in [0.25, 0.3) is 0 Å². The molecule has 0 aliphatic carbocycles. The molecule has 0 N–H and O–H groups in total. The zero-order chi connectivity index (χ0) is 46.5. The summed E-state index contributed by atoms with van der Waals surface area (Å²) in [5.74, 6) is -1.04. The van der Waals surface area contributed by atoms with Crippen molar-refractivity contribution < 1.29 is 28.6 Å². The summed E-state index contributed by atoms with van der Waals surface area (Å²) in [6.45, 7) is 6.26. The van der Waals surface area contributed by atoms with Gasteiger partial charge in [-0.1, -0.05) is 213 Å². The molecule has 0 aromatic heterocycles. The van der Waals surface area contributed by atoms with Crippen LogP contribution in [-0.4, -0.2) is 37.2 Å². The minimum atomic E-state index is -0.828. The van der Waals surface area contributed by atoms with Crippen molar-refractivity contribution in [2.24, 2.45) is 0 Å². The van der Waals surface area contributed by atoms with Gasteiger partial charge in [-0.05, 0) is 96.3 Å². The van der Waals surface area contributed by atoms with E-state index in [4.69, 9.17) is 14.2 Å². The Morgan fingerprint density at radius 2 is 0.703 bits per heavy atom. The number of esters is 3. The number of carbonyl (C=O) groups is 3. The van der Waals surface area contributed by atoms with Gasteiger partial charge in [-0.3, -0.25) is 14.4 Å². The number of hydrogen-bond acceptors (Lipinski definition) is 6. The number of allylic oxidation sites excluding steroid dienone is 20. The third-order valence-corrected chi connectivity index (χ3v) is 10.3. The molecule has 1 unspecified atom stereocenters. The number of hydrogen-bond donors (Lipinski definition) is 0. The van der Waals surface area contributed by atoms with Crippen LogP contribution in [0.5, 0.6) is 0 Å². The molecule has 0 spiro atoms. The first-order chi connectivity index (χ1) is 31.5. The van der Waals surface area contributed by atoms with Gasteiger partial charge in [0.05, 0.1) is 0 Å². The molecule has 0 aromatic rings. The predicted molar refractivity (Wildman–Crippen MR) is 274 cm³/mol. The second kappa shape index (κ2) is 51.4. The van der Waals surface area contributed by atoms with E-state index in [1.54, 1.807) is 0 Å². The lowest BCUT2D eigenvalue weighted by Crippen LogP contribution is -2.30. The maximum Gasteiger partial charge on any atom is 0.306 e. The van der Waals surface area contributed by atoms with Gasteiger partial charge in [0.1, 0.15) is 13.2 Å². The van der Waals surface area contributed by atoms with Gasteiger partial charge in [-0.15, -0.1) is 0 Å². The first kappa shape index (κ1) is 59.8. The van der Waals surface area contributed by atoms with Gasteiger partial charge in [0, 0.05) is 19.3 Å². The summed E-state index contributed by atoms with van der Waals surface area (Å²) >= 11 is 0. The molecule has 1 atom stereocenters. The molecule has 360 valence electrons. The fraction of sp³-hybridized carbons (Fsp3) is 0.603. The lowest BCUT2D eigenvalue weighted by atomic mass is 10.1. The minimum absolute atomic E-state index is 0.119. The van der Waals surface area contributed by atoms with E-state index in [0.717, 1.165) is 77.0 Å². The van der Waals surface area contributed by atoms with Crippen molar-refractivity contribution in [2.75, 3.05) is 13.2 Å². The molecule has 0 bridgehead atoms. The highest BCUT2D eigenvalue weighted by Gasteiger charge is 2.19. The van der Waals surface area contributed by atoms with Crippen molar-refractivity contribution in [3.05, 3.63) is 122 Å². The third-order valence-electron chi connectivity index (χ3n) is 10.3. The van der Waals surface area contributed by atoms with E-state index in [1.807, 2.05) is 54.7 Å². The molecule has 0 saturated carbocycles. The fourth-order valence-corrected chi connectivity index (χ4v) is 6.52. The van der Waals surface area contributed by atoms with Crippen molar-refractivity contribution in [1.82, 2.24) is 0 Å². The monoisotopic (exact) mass is 885 g/mol. The highest BCUT2D eigenvalue weighted by atomic mass is 16.6. The Morgan fingerprint density at radius 1 is 0.344 bits per heavy atom. The van der Waals surface area contributed by atoms with Crippen LogP contribution in [-0.2, 0) is 28.6 Å². The van der Waals surface area contributed by atoms with Crippen LogP contribution in [0.4, 0.5) is 0 Å². The summed E-state index contributed by atoms with van der Waals surface area (Å²) in [5.41, 5.74) is 0. The molecule has 6 heteroatoms. The van der Waals surface area contributed by atoms with Crippen LogP contribution in [0.25, 0.3) is 0 Å². The maximum atomic E-state index is 12.8. The molecule has 0 rings (SSSR count). The van der Waals surface area contributed by atoms with E-state index < -0.39 is 6.10 Å². The molecule has 64 heavy (non-hydrogen) atoms. The van der Waals surface area contributed by atoms with Gasteiger partial charge in [-0.2, -0.15) is 0 Å². The van der Waals surface area contributed by atoms with Crippen molar-refractivity contribution >= 4 is 17.9 Å². The van der Waals surface area contributed by atoms with Crippen LogP contribution < -0.4 is 0 Å². The number of unbranched alkanes of at least 4 members (excludes halogenated alkanes) is 17. The van der Waals surface area contributed by atoms with Gasteiger partial charge in [-0.25, -0.2) is 0 Å². The van der Waals surface area contributed by atoms with Crippen LogP contribution in [0.1, 0.15) is 207 Å². The summed E-state index contributed by atoms with van der Waals surface area (Å²) in [5, 5.41) is 0. The summed E-state index contributed by atoms with van der Waals surface area (Å²) in [4.78, 5) is 37.9. The van der Waals surface area contributed by atoms with Crippen LogP contribution in [0.3, 0.4) is 0 Å².